The summed E-state index contributed by atoms with van der Waals surface area (Å²) in [7, 11) is 0. The Hall–Kier alpha value is -3.87. The lowest BCUT2D eigenvalue weighted by Crippen LogP contribution is -2.33. The fourth-order valence-corrected chi connectivity index (χ4v) is 4.17. The number of aromatic nitrogens is 7. The lowest BCUT2D eigenvalue weighted by molar-refractivity contribution is -0.135. The molecule has 35 heavy (non-hydrogen) atoms. The zero-order valence-electron chi connectivity index (χ0n) is 18.1. The van der Waals surface area contributed by atoms with Crippen molar-refractivity contribution in [1.29, 1.82) is 0 Å². The van der Waals surface area contributed by atoms with Gasteiger partial charge in [-0.05, 0) is 31.9 Å². The Bertz CT molecular complexity index is 1460. The second kappa shape index (κ2) is 8.12. The molecule has 0 radical (unpaired) electrons. The molecule has 0 bridgehead atoms. The van der Waals surface area contributed by atoms with Crippen LogP contribution in [0, 0.1) is 0 Å². The minimum Gasteiger partial charge on any atom is -0.383 e. The number of rotatable bonds is 5. The van der Waals surface area contributed by atoms with Crippen molar-refractivity contribution in [3.8, 4) is 11.5 Å². The number of pyridine rings is 1. The van der Waals surface area contributed by atoms with Crippen LogP contribution >= 0.6 is 11.6 Å². The standard InChI is InChI=1S/C21H17ClF3N9O/c1-20(13-5-4-10(22)7-27-13)14-15(26)31-16(32-17(14)33-19(20)35)12-8-34-18(28-9-29-34)11(30-12)3-2-6-21(23,24)25/h4-5,7-9H,2-3,6H2,1H3,(H3,26,31,32,33,35). The molecule has 0 spiro atoms. The van der Waals surface area contributed by atoms with E-state index < -0.39 is 23.9 Å². The number of nitrogens with zero attached hydrogens (tertiary/aromatic N) is 7. The fourth-order valence-electron chi connectivity index (χ4n) is 4.06. The number of nitrogen functional groups attached to an aromatic ring is 1. The number of hydrogen-bond donors (Lipinski definition) is 2. The largest absolute Gasteiger partial charge is 0.389 e. The Morgan fingerprint density at radius 3 is 2.71 bits per heavy atom. The van der Waals surface area contributed by atoms with Crippen LogP contribution in [-0.2, 0) is 16.6 Å². The predicted octanol–water partition coefficient (Wildman–Crippen LogP) is 3.36. The van der Waals surface area contributed by atoms with Gasteiger partial charge in [0, 0.05) is 12.6 Å². The number of carbonyl (C=O) groups is 1. The number of nitrogens with one attached hydrogen (secondary N) is 1. The zero-order chi connectivity index (χ0) is 25.0. The number of anilines is 2. The summed E-state index contributed by atoms with van der Waals surface area (Å²) in [5, 5.41) is 7.20. The van der Waals surface area contributed by atoms with E-state index in [0.29, 0.717) is 27.6 Å². The summed E-state index contributed by atoms with van der Waals surface area (Å²) in [5.41, 5.74) is 6.66. The van der Waals surface area contributed by atoms with Gasteiger partial charge >= 0.3 is 6.18 Å². The summed E-state index contributed by atoms with van der Waals surface area (Å²) in [4.78, 5) is 34.6. The van der Waals surface area contributed by atoms with E-state index in [1.807, 2.05) is 0 Å². The Kier molecular flexibility index (Phi) is 5.31. The number of hydrogen-bond acceptors (Lipinski definition) is 8. The SMILES string of the molecule is CC1(c2ccc(Cl)cn2)C(=O)Nc2nc(-c3cn4ncnc4c(CCCC(F)(F)F)n3)nc(N)c21. The van der Waals surface area contributed by atoms with Crippen molar-refractivity contribution in [1.82, 2.24) is 34.5 Å². The van der Waals surface area contributed by atoms with Gasteiger partial charge in [-0.15, -0.1) is 0 Å². The molecule has 0 aromatic carbocycles. The molecule has 0 saturated carbocycles. The molecular formula is C21H17ClF3N9O. The first-order valence-corrected chi connectivity index (χ1v) is 10.8. The van der Waals surface area contributed by atoms with Crippen LogP contribution in [0.2, 0.25) is 5.02 Å². The second-order valence-electron chi connectivity index (χ2n) is 8.17. The smallest absolute Gasteiger partial charge is 0.383 e. The highest BCUT2D eigenvalue weighted by Gasteiger charge is 2.48. The molecule has 0 fully saturated rings. The number of halogens is 4. The van der Waals surface area contributed by atoms with Gasteiger partial charge in [0.15, 0.2) is 11.5 Å². The highest BCUT2D eigenvalue weighted by Crippen LogP contribution is 2.44. The van der Waals surface area contributed by atoms with Crippen molar-refractivity contribution in [2.45, 2.75) is 37.8 Å². The van der Waals surface area contributed by atoms with Gasteiger partial charge in [0.1, 0.15) is 29.1 Å². The van der Waals surface area contributed by atoms with Crippen molar-refractivity contribution in [2.24, 2.45) is 0 Å². The summed E-state index contributed by atoms with van der Waals surface area (Å²) in [6.07, 6.45) is -1.18. The Labute approximate surface area is 200 Å². The van der Waals surface area contributed by atoms with E-state index in [9.17, 15) is 18.0 Å². The monoisotopic (exact) mass is 503 g/mol. The third-order valence-corrected chi connectivity index (χ3v) is 6.02. The first-order chi connectivity index (χ1) is 16.6. The predicted molar refractivity (Wildman–Crippen MR) is 120 cm³/mol. The van der Waals surface area contributed by atoms with E-state index in [1.165, 1.54) is 23.2 Å². The van der Waals surface area contributed by atoms with E-state index in [2.05, 4.69) is 35.3 Å². The molecule has 5 heterocycles. The van der Waals surface area contributed by atoms with E-state index in [0.717, 1.165) is 0 Å². The second-order valence-corrected chi connectivity index (χ2v) is 8.60. The average molecular weight is 504 g/mol. The van der Waals surface area contributed by atoms with Crippen LogP contribution in [0.3, 0.4) is 0 Å². The lowest BCUT2D eigenvalue weighted by Gasteiger charge is -2.22. The van der Waals surface area contributed by atoms with Gasteiger partial charge in [0.05, 0.1) is 28.2 Å². The van der Waals surface area contributed by atoms with Crippen LogP contribution in [0.15, 0.2) is 30.9 Å². The van der Waals surface area contributed by atoms with E-state index in [1.54, 1.807) is 19.1 Å². The van der Waals surface area contributed by atoms with Crippen molar-refractivity contribution in [3.05, 3.63) is 52.8 Å². The van der Waals surface area contributed by atoms with Gasteiger partial charge in [-0.1, -0.05) is 11.6 Å². The fraction of sp³-hybridized carbons (Fsp3) is 0.286. The van der Waals surface area contributed by atoms with Crippen molar-refractivity contribution < 1.29 is 18.0 Å². The number of fused-ring (bicyclic) bond motifs is 2. The van der Waals surface area contributed by atoms with E-state index >= 15 is 0 Å². The molecule has 1 aliphatic rings. The van der Waals surface area contributed by atoms with E-state index in [-0.39, 0.29) is 36.0 Å². The molecule has 14 heteroatoms. The van der Waals surface area contributed by atoms with Crippen LogP contribution in [-0.4, -0.2) is 46.6 Å². The van der Waals surface area contributed by atoms with Gasteiger partial charge in [-0.2, -0.15) is 18.3 Å². The molecule has 10 nitrogen and oxygen atoms in total. The summed E-state index contributed by atoms with van der Waals surface area (Å²) in [5.74, 6) is -0.102. The van der Waals surface area contributed by atoms with Crippen LogP contribution < -0.4 is 11.1 Å². The highest BCUT2D eigenvalue weighted by molar-refractivity contribution is 6.30. The zero-order valence-corrected chi connectivity index (χ0v) is 18.9. The minimum absolute atomic E-state index is 0.0208. The summed E-state index contributed by atoms with van der Waals surface area (Å²) in [6.45, 7) is 1.66. The Balaban J connectivity index is 1.56. The third-order valence-electron chi connectivity index (χ3n) is 5.80. The van der Waals surface area contributed by atoms with Gasteiger partial charge < -0.3 is 11.1 Å². The van der Waals surface area contributed by atoms with Crippen molar-refractivity contribution >= 4 is 34.8 Å². The topological polar surface area (TPSA) is 137 Å². The number of aryl methyl sites for hydroxylation is 1. The van der Waals surface area contributed by atoms with Crippen molar-refractivity contribution in [2.75, 3.05) is 11.1 Å². The normalized spacial score (nSPS) is 17.6. The molecule has 1 atom stereocenters. The molecule has 3 N–H and O–H groups in total. The van der Waals surface area contributed by atoms with Crippen LogP contribution in [0.25, 0.3) is 17.2 Å². The van der Waals surface area contributed by atoms with Gasteiger partial charge in [-0.3, -0.25) is 9.78 Å². The van der Waals surface area contributed by atoms with Gasteiger partial charge in [-0.25, -0.2) is 24.5 Å². The van der Waals surface area contributed by atoms with Crippen LogP contribution in [0.5, 0.6) is 0 Å². The molecule has 180 valence electrons. The van der Waals surface area contributed by atoms with Crippen LogP contribution in [0.1, 0.15) is 36.7 Å². The average Bonchev–Trinajstić information content (AvgIpc) is 3.36. The molecule has 0 saturated heterocycles. The first-order valence-electron chi connectivity index (χ1n) is 10.4. The number of amides is 1. The number of alkyl halides is 3. The molecular weight excluding hydrogens is 487 g/mol. The highest BCUT2D eigenvalue weighted by atomic mass is 35.5. The molecule has 4 aromatic rings. The Morgan fingerprint density at radius 1 is 1.20 bits per heavy atom. The molecule has 1 amide bonds. The first kappa shape index (κ1) is 22.9. The minimum atomic E-state index is -4.27. The van der Waals surface area contributed by atoms with Crippen LogP contribution in [0.4, 0.5) is 24.8 Å². The number of nitrogens with two attached hydrogens (primary N) is 1. The molecule has 1 unspecified atom stereocenters. The molecule has 5 rings (SSSR count). The summed E-state index contributed by atoms with van der Waals surface area (Å²) >= 11 is 5.93. The summed E-state index contributed by atoms with van der Waals surface area (Å²) < 4.78 is 39.3. The third kappa shape index (κ3) is 4.01. The lowest BCUT2D eigenvalue weighted by atomic mass is 9.81. The number of carbonyl (C=O) groups excluding carboxylic acids is 1. The maximum atomic E-state index is 13.0. The van der Waals surface area contributed by atoms with Gasteiger partial charge in [0.25, 0.3) is 0 Å². The molecule has 1 aliphatic heterocycles. The summed E-state index contributed by atoms with van der Waals surface area (Å²) in [6, 6.07) is 3.24. The van der Waals surface area contributed by atoms with E-state index in [4.69, 9.17) is 17.3 Å². The van der Waals surface area contributed by atoms with Gasteiger partial charge in [0.2, 0.25) is 5.91 Å². The maximum absolute atomic E-state index is 13.0. The molecule has 4 aromatic heterocycles. The molecule has 0 aliphatic carbocycles. The maximum Gasteiger partial charge on any atom is 0.389 e. The van der Waals surface area contributed by atoms with Crippen molar-refractivity contribution in [3.63, 3.8) is 0 Å². The Morgan fingerprint density at radius 2 is 2.00 bits per heavy atom. The quantitative estimate of drug-likeness (QED) is 0.423.